The molecule has 7 heteroatoms. The first-order valence-corrected chi connectivity index (χ1v) is 11.5. The van der Waals surface area contributed by atoms with E-state index in [2.05, 4.69) is 45.8 Å². The molecule has 1 aromatic heterocycles. The third kappa shape index (κ3) is 5.16. The third-order valence-electron chi connectivity index (χ3n) is 5.01. The van der Waals surface area contributed by atoms with Gasteiger partial charge in [-0.2, -0.15) is 0 Å². The normalized spacial score (nSPS) is 14.3. The van der Waals surface area contributed by atoms with Crippen LogP contribution in [0.5, 0.6) is 0 Å². The van der Waals surface area contributed by atoms with Gasteiger partial charge in [-0.05, 0) is 36.5 Å². The van der Waals surface area contributed by atoms with Crippen LogP contribution in [-0.4, -0.2) is 39.3 Å². The number of fused-ring (bicyclic) bond motifs is 1. The Morgan fingerprint density at radius 2 is 1.90 bits per heavy atom. The van der Waals surface area contributed by atoms with Gasteiger partial charge in [-0.3, -0.25) is 4.79 Å². The van der Waals surface area contributed by atoms with Crippen LogP contribution in [-0.2, 0) is 24.2 Å². The van der Waals surface area contributed by atoms with Crippen LogP contribution in [0.3, 0.4) is 0 Å². The fourth-order valence-electron chi connectivity index (χ4n) is 3.43. The number of carbonyl (C=O) groups is 1. The fraction of sp³-hybridized carbons (Fsp3) is 0.318. The Labute approximate surface area is 179 Å². The molecule has 2 aromatic carbocycles. The van der Waals surface area contributed by atoms with E-state index >= 15 is 0 Å². The molecule has 0 saturated heterocycles. The van der Waals surface area contributed by atoms with Gasteiger partial charge in [-0.15, -0.1) is 10.2 Å². The van der Waals surface area contributed by atoms with Gasteiger partial charge < -0.3 is 10.2 Å². The maximum Gasteiger partial charge on any atom is 0.236 e. The van der Waals surface area contributed by atoms with Crippen molar-refractivity contribution in [2.24, 2.45) is 0 Å². The predicted molar refractivity (Wildman–Crippen MR) is 119 cm³/mol. The van der Waals surface area contributed by atoms with E-state index in [0.717, 1.165) is 35.4 Å². The standard InChI is InChI=1S/C22H24N4OS2/c1-16(20(27)26-14-12-18-9-5-6-10-19(18)15-26)28-22-25-24-21(29-22)23-13-11-17-7-3-2-4-8-17/h2-10,16H,11-15H2,1H3,(H,23,24)/t16-/m1/s1. The lowest BCUT2D eigenvalue weighted by molar-refractivity contribution is -0.131. The smallest absolute Gasteiger partial charge is 0.236 e. The predicted octanol–water partition coefficient (Wildman–Crippen LogP) is 4.26. The number of hydrogen-bond donors (Lipinski definition) is 1. The number of carbonyl (C=O) groups excluding carboxylic acids is 1. The minimum Gasteiger partial charge on any atom is -0.360 e. The van der Waals surface area contributed by atoms with E-state index in [1.54, 1.807) is 0 Å². The van der Waals surface area contributed by atoms with Crippen LogP contribution in [0.2, 0.25) is 0 Å². The lowest BCUT2D eigenvalue weighted by Gasteiger charge is -2.30. The summed E-state index contributed by atoms with van der Waals surface area (Å²) in [6, 6.07) is 18.7. The summed E-state index contributed by atoms with van der Waals surface area (Å²) in [7, 11) is 0. The van der Waals surface area contributed by atoms with E-state index in [9.17, 15) is 4.79 Å². The molecule has 0 bridgehead atoms. The van der Waals surface area contributed by atoms with Crippen LogP contribution in [0.15, 0.2) is 58.9 Å². The van der Waals surface area contributed by atoms with Crippen molar-refractivity contribution in [2.45, 2.75) is 35.9 Å². The van der Waals surface area contributed by atoms with Crippen molar-refractivity contribution in [3.05, 3.63) is 71.3 Å². The van der Waals surface area contributed by atoms with Gasteiger partial charge in [0.05, 0.1) is 5.25 Å². The minimum absolute atomic E-state index is 0.165. The van der Waals surface area contributed by atoms with Crippen LogP contribution in [0.1, 0.15) is 23.6 Å². The summed E-state index contributed by atoms with van der Waals surface area (Å²) in [4.78, 5) is 14.9. The summed E-state index contributed by atoms with van der Waals surface area (Å²) in [5, 5.41) is 12.4. The number of hydrogen-bond acceptors (Lipinski definition) is 6. The minimum atomic E-state index is -0.176. The average Bonchev–Trinajstić information content (AvgIpc) is 3.20. The molecule has 0 saturated carbocycles. The molecule has 2 heterocycles. The quantitative estimate of drug-likeness (QED) is 0.575. The van der Waals surface area contributed by atoms with Gasteiger partial charge in [0.15, 0.2) is 4.34 Å². The maximum atomic E-state index is 12.9. The van der Waals surface area contributed by atoms with Crippen molar-refractivity contribution < 1.29 is 4.79 Å². The molecule has 150 valence electrons. The number of aromatic nitrogens is 2. The summed E-state index contributed by atoms with van der Waals surface area (Å²) in [6.07, 6.45) is 1.86. The highest BCUT2D eigenvalue weighted by atomic mass is 32.2. The Balaban J connectivity index is 1.27. The van der Waals surface area contributed by atoms with E-state index in [1.165, 1.54) is 39.8 Å². The van der Waals surface area contributed by atoms with Gasteiger partial charge in [-0.1, -0.05) is 77.7 Å². The van der Waals surface area contributed by atoms with Gasteiger partial charge in [-0.25, -0.2) is 0 Å². The van der Waals surface area contributed by atoms with Crippen molar-refractivity contribution >= 4 is 34.1 Å². The van der Waals surface area contributed by atoms with E-state index in [-0.39, 0.29) is 11.2 Å². The van der Waals surface area contributed by atoms with E-state index in [1.807, 2.05) is 36.1 Å². The highest BCUT2D eigenvalue weighted by Gasteiger charge is 2.26. The Bertz CT molecular complexity index is 960. The molecule has 0 aliphatic carbocycles. The van der Waals surface area contributed by atoms with E-state index in [0.29, 0.717) is 6.54 Å². The molecular weight excluding hydrogens is 400 g/mol. The number of nitrogens with one attached hydrogen (secondary N) is 1. The molecule has 1 amide bonds. The fourth-order valence-corrected chi connectivity index (χ4v) is 5.44. The lowest BCUT2D eigenvalue weighted by atomic mass is 10.00. The number of benzene rings is 2. The number of anilines is 1. The van der Waals surface area contributed by atoms with Crippen molar-refractivity contribution in [3.63, 3.8) is 0 Å². The van der Waals surface area contributed by atoms with Crippen molar-refractivity contribution in [1.82, 2.24) is 15.1 Å². The van der Waals surface area contributed by atoms with Crippen molar-refractivity contribution in [3.8, 4) is 0 Å². The molecule has 3 aromatic rings. The largest absolute Gasteiger partial charge is 0.360 e. The molecule has 4 rings (SSSR count). The molecular formula is C22H24N4OS2. The second kappa shape index (κ2) is 9.41. The van der Waals surface area contributed by atoms with Crippen LogP contribution in [0, 0.1) is 0 Å². The zero-order chi connectivity index (χ0) is 20.1. The second-order valence-corrected chi connectivity index (χ2v) is 9.64. The van der Waals surface area contributed by atoms with Crippen LogP contribution in [0.25, 0.3) is 0 Å². The molecule has 0 radical (unpaired) electrons. The SMILES string of the molecule is C[C@@H](Sc1nnc(NCCc2ccccc2)s1)C(=O)N1CCc2ccccc2C1. The summed E-state index contributed by atoms with van der Waals surface area (Å²) < 4.78 is 0.825. The molecule has 1 N–H and O–H groups in total. The number of thioether (sulfide) groups is 1. The van der Waals surface area contributed by atoms with Crippen molar-refractivity contribution in [2.75, 3.05) is 18.4 Å². The number of rotatable bonds is 7. The average molecular weight is 425 g/mol. The number of nitrogens with zero attached hydrogens (tertiary/aromatic N) is 3. The summed E-state index contributed by atoms with van der Waals surface area (Å²) in [6.45, 7) is 4.24. The lowest BCUT2D eigenvalue weighted by Crippen LogP contribution is -2.40. The van der Waals surface area contributed by atoms with Gasteiger partial charge in [0.1, 0.15) is 0 Å². The summed E-state index contributed by atoms with van der Waals surface area (Å²) in [5.74, 6) is 0.165. The first-order chi connectivity index (χ1) is 14.2. The second-order valence-electron chi connectivity index (χ2n) is 7.07. The maximum absolute atomic E-state index is 12.9. The van der Waals surface area contributed by atoms with Crippen LogP contribution < -0.4 is 5.32 Å². The highest BCUT2D eigenvalue weighted by molar-refractivity contribution is 8.02. The van der Waals surface area contributed by atoms with E-state index < -0.39 is 0 Å². The van der Waals surface area contributed by atoms with Gasteiger partial charge in [0, 0.05) is 19.6 Å². The Kier molecular flexibility index (Phi) is 6.46. The molecule has 29 heavy (non-hydrogen) atoms. The topological polar surface area (TPSA) is 58.1 Å². The zero-order valence-corrected chi connectivity index (χ0v) is 18.0. The molecule has 1 atom stereocenters. The monoisotopic (exact) mass is 424 g/mol. The highest BCUT2D eigenvalue weighted by Crippen LogP contribution is 2.30. The Morgan fingerprint density at radius 1 is 1.14 bits per heavy atom. The summed E-state index contributed by atoms with van der Waals surface area (Å²) in [5.41, 5.74) is 3.90. The van der Waals surface area contributed by atoms with E-state index in [4.69, 9.17) is 0 Å². The first-order valence-electron chi connectivity index (χ1n) is 9.82. The van der Waals surface area contributed by atoms with Crippen LogP contribution in [0.4, 0.5) is 5.13 Å². The molecule has 0 fully saturated rings. The zero-order valence-electron chi connectivity index (χ0n) is 16.4. The van der Waals surface area contributed by atoms with Crippen LogP contribution >= 0.6 is 23.1 Å². The third-order valence-corrected chi connectivity index (χ3v) is 7.06. The number of amides is 1. The Hall–Kier alpha value is -2.38. The molecule has 0 spiro atoms. The molecule has 1 aliphatic heterocycles. The van der Waals surface area contributed by atoms with Gasteiger partial charge in [0.2, 0.25) is 11.0 Å². The molecule has 5 nitrogen and oxygen atoms in total. The van der Waals surface area contributed by atoms with Gasteiger partial charge >= 0.3 is 0 Å². The molecule has 0 unspecified atom stereocenters. The first kappa shape index (κ1) is 19.9. The summed E-state index contributed by atoms with van der Waals surface area (Å²) >= 11 is 3.00. The molecule has 1 aliphatic rings. The van der Waals surface area contributed by atoms with Gasteiger partial charge in [0.25, 0.3) is 0 Å². The Morgan fingerprint density at radius 3 is 2.72 bits per heavy atom. The van der Waals surface area contributed by atoms with Crippen molar-refractivity contribution in [1.29, 1.82) is 0 Å².